The standard InChI is InChI=1S/C58H37N/c1-2-16-41-33-46(29-27-38(41)13-1)57-51-23-9-10-24-52(51)58(54-37-43-18-4-3-17-42(43)36-53(54)57)47-30-28-45-35-48(32-31-44(45)34-47)59(55-25-11-19-39-14-5-7-21-49(39)55)56-26-12-20-40-15-6-8-22-50(40)56/h1-37H. The zero-order chi connectivity index (χ0) is 38.9. The zero-order valence-electron chi connectivity index (χ0n) is 32.3. The molecule has 0 aromatic heterocycles. The van der Waals surface area contributed by atoms with Gasteiger partial charge in [-0.3, -0.25) is 0 Å². The lowest BCUT2D eigenvalue weighted by Crippen LogP contribution is -2.11. The fourth-order valence-corrected chi connectivity index (χ4v) is 9.57. The second kappa shape index (κ2) is 13.4. The second-order valence-corrected chi connectivity index (χ2v) is 15.7. The highest BCUT2D eigenvalue weighted by atomic mass is 15.1. The summed E-state index contributed by atoms with van der Waals surface area (Å²) < 4.78 is 0. The Bertz CT molecular complexity index is 3540. The summed E-state index contributed by atoms with van der Waals surface area (Å²) >= 11 is 0. The second-order valence-electron chi connectivity index (χ2n) is 15.7. The molecular formula is C58H37N. The number of rotatable bonds is 5. The Hall–Kier alpha value is -7.74. The molecular weight excluding hydrogens is 711 g/mol. The summed E-state index contributed by atoms with van der Waals surface area (Å²) in [5.74, 6) is 0. The van der Waals surface area contributed by atoms with Crippen LogP contribution in [0, 0.1) is 0 Å². The first kappa shape index (κ1) is 33.4. The third-order valence-corrected chi connectivity index (χ3v) is 12.3. The van der Waals surface area contributed by atoms with E-state index in [0.717, 1.165) is 17.1 Å². The summed E-state index contributed by atoms with van der Waals surface area (Å²) in [6, 6.07) is 82.8. The molecule has 0 fully saturated rings. The van der Waals surface area contributed by atoms with Gasteiger partial charge in [0.25, 0.3) is 0 Å². The Morgan fingerprint density at radius 3 is 1.14 bits per heavy atom. The van der Waals surface area contributed by atoms with E-state index < -0.39 is 0 Å². The van der Waals surface area contributed by atoms with Crippen molar-refractivity contribution in [2.45, 2.75) is 0 Å². The Morgan fingerprint density at radius 2 is 0.593 bits per heavy atom. The number of nitrogens with zero attached hydrogens (tertiary/aromatic N) is 1. The van der Waals surface area contributed by atoms with Gasteiger partial charge in [0.05, 0.1) is 11.4 Å². The van der Waals surface area contributed by atoms with Gasteiger partial charge in [-0.25, -0.2) is 0 Å². The molecule has 0 atom stereocenters. The van der Waals surface area contributed by atoms with E-state index in [9.17, 15) is 0 Å². The van der Waals surface area contributed by atoms with Gasteiger partial charge in [-0.05, 0) is 135 Å². The summed E-state index contributed by atoms with van der Waals surface area (Å²) in [4.78, 5) is 2.44. The van der Waals surface area contributed by atoms with E-state index in [4.69, 9.17) is 0 Å². The SMILES string of the molecule is c1ccc2cc(-c3c4ccccc4c(-c4ccc5cc(N(c6cccc7ccccc67)c6cccc7ccccc67)ccc5c4)c4cc5ccccc5cc34)ccc2c1. The average molecular weight is 748 g/mol. The van der Waals surface area contributed by atoms with Crippen LogP contribution in [0.2, 0.25) is 0 Å². The van der Waals surface area contributed by atoms with Gasteiger partial charge >= 0.3 is 0 Å². The number of anilines is 3. The Balaban J connectivity index is 1.08. The first-order valence-corrected chi connectivity index (χ1v) is 20.4. The quantitative estimate of drug-likeness (QED) is 0.159. The lowest BCUT2D eigenvalue weighted by molar-refractivity contribution is 1.32. The molecule has 59 heavy (non-hydrogen) atoms. The van der Waals surface area contributed by atoms with E-state index in [1.54, 1.807) is 0 Å². The van der Waals surface area contributed by atoms with Crippen molar-refractivity contribution in [1.82, 2.24) is 0 Å². The van der Waals surface area contributed by atoms with Crippen molar-refractivity contribution in [3.63, 3.8) is 0 Å². The average Bonchev–Trinajstić information content (AvgIpc) is 3.30. The highest BCUT2D eigenvalue weighted by molar-refractivity contribution is 6.24. The molecule has 1 heteroatoms. The van der Waals surface area contributed by atoms with Crippen LogP contribution in [0.3, 0.4) is 0 Å². The number of benzene rings is 12. The van der Waals surface area contributed by atoms with Crippen LogP contribution in [-0.4, -0.2) is 0 Å². The molecule has 0 aliphatic carbocycles. The van der Waals surface area contributed by atoms with Crippen LogP contribution in [0.15, 0.2) is 224 Å². The van der Waals surface area contributed by atoms with E-state index in [2.05, 4.69) is 229 Å². The van der Waals surface area contributed by atoms with Crippen LogP contribution in [0.4, 0.5) is 17.1 Å². The smallest absolute Gasteiger partial charge is 0.0540 e. The predicted molar refractivity (Wildman–Crippen MR) is 255 cm³/mol. The first-order valence-electron chi connectivity index (χ1n) is 20.4. The first-order chi connectivity index (χ1) is 29.2. The van der Waals surface area contributed by atoms with Crippen LogP contribution in [0.5, 0.6) is 0 Å². The maximum Gasteiger partial charge on any atom is 0.0540 e. The van der Waals surface area contributed by atoms with Crippen molar-refractivity contribution >= 4 is 92.5 Å². The number of hydrogen-bond donors (Lipinski definition) is 0. The molecule has 274 valence electrons. The molecule has 0 heterocycles. The van der Waals surface area contributed by atoms with Gasteiger partial charge in [0.2, 0.25) is 0 Å². The van der Waals surface area contributed by atoms with E-state index >= 15 is 0 Å². The molecule has 0 radical (unpaired) electrons. The normalized spacial score (nSPS) is 11.7. The molecule has 0 aliphatic rings. The zero-order valence-corrected chi connectivity index (χ0v) is 32.3. The van der Waals surface area contributed by atoms with Crippen molar-refractivity contribution in [2.75, 3.05) is 4.90 Å². The molecule has 1 nitrogen and oxygen atoms in total. The van der Waals surface area contributed by atoms with Gasteiger partial charge in [0, 0.05) is 16.5 Å². The molecule has 0 saturated heterocycles. The van der Waals surface area contributed by atoms with Gasteiger partial charge < -0.3 is 4.90 Å². The highest BCUT2D eigenvalue weighted by Crippen LogP contribution is 2.47. The minimum atomic E-state index is 1.13. The molecule has 0 unspecified atom stereocenters. The lowest BCUT2D eigenvalue weighted by atomic mass is 9.84. The van der Waals surface area contributed by atoms with Gasteiger partial charge in [-0.15, -0.1) is 0 Å². The van der Waals surface area contributed by atoms with E-state index in [1.807, 2.05) is 0 Å². The van der Waals surface area contributed by atoms with Crippen LogP contribution < -0.4 is 4.90 Å². The highest BCUT2D eigenvalue weighted by Gasteiger charge is 2.20. The molecule has 0 N–H and O–H groups in total. The Morgan fingerprint density at radius 1 is 0.220 bits per heavy atom. The number of hydrogen-bond acceptors (Lipinski definition) is 1. The summed E-state index contributed by atoms with van der Waals surface area (Å²) in [5, 5.41) is 17.3. The largest absolute Gasteiger partial charge is 0.309 e. The monoisotopic (exact) mass is 747 g/mol. The van der Waals surface area contributed by atoms with Crippen molar-refractivity contribution in [3.8, 4) is 22.3 Å². The molecule has 0 saturated carbocycles. The minimum absolute atomic E-state index is 1.13. The molecule has 12 aromatic rings. The van der Waals surface area contributed by atoms with Crippen LogP contribution in [-0.2, 0) is 0 Å². The third-order valence-electron chi connectivity index (χ3n) is 12.3. The fourth-order valence-electron chi connectivity index (χ4n) is 9.57. The van der Waals surface area contributed by atoms with Crippen molar-refractivity contribution in [2.24, 2.45) is 0 Å². The van der Waals surface area contributed by atoms with Crippen molar-refractivity contribution < 1.29 is 0 Å². The predicted octanol–water partition coefficient (Wildman–Crippen LogP) is 16.6. The van der Waals surface area contributed by atoms with Crippen LogP contribution in [0.25, 0.3) is 97.7 Å². The van der Waals surface area contributed by atoms with Gasteiger partial charge in [-0.2, -0.15) is 0 Å². The van der Waals surface area contributed by atoms with Crippen molar-refractivity contribution in [1.29, 1.82) is 0 Å². The molecule has 0 spiro atoms. The lowest BCUT2D eigenvalue weighted by Gasteiger charge is -2.28. The number of fused-ring (bicyclic) bond motifs is 7. The maximum absolute atomic E-state index is 2.44. The Kier molecular flexibility index (Phi) is 7.61. The topological polar surface area (TPSA) is 3.24 Å². The molecule has 0 aliphatic heterocycles. The van der Waals surface area contributed by atoms with E-state index in [0.29, 0.717) is 0 Å². The maximum atomic E-state index is 2.44. The van der Waals surface area contributed by atoms with Gasteiger partial charge in [-0.1, -0.05) is 176 Å². The molecule has 0 amide bonds. The van der Waals surface area contributed by atoms with Gasteiger partial charge in [0.15, 0.2) is 0 Å². The third kappa shape index (κ3) is 5.47. The van der Waals surface area contributed by atoms with Crippen LogP contribution in [0.1, 0.15) is 0 Å². The van der Waals surface area contributed by atoms with E-state index in [1.165, 1.54) is 97.7 Å². The summed E-state index contributed by atoms with van der Waals surface area (Å²) in [6.07, 6.45) is 0. The molecule has 0 bridgehead atoms. The van der Waals surface area contributed by atoms with Crippen molar-refractivity contribution in [3.05, 3.63) is 224 Å². The summed E-state index contributed by atoms with van der Waals surface area (Å²) in [7, 11) is 0. The minimum Gasteiger partial charge on any atom is -0.309 e. The summed E-state index contributed by atoms with van der Waals surface area (Å²) in [6.45, 7) is 0. The Labute approximate surface area is 342 Å². The van der Waals surface area contributed by atoms with Gasteiger partial charge in [0.1, 0.15) is 0 Å². The molecule has 12 aromatic carbocycles. The molecule has 12 rings (SSSR count). The fraction of sp³-hybridized carbons (Fsp3) is 0. The van der Waals surface area contributed by atoms with Crippen LogP contribution >= 0.6 is 0 Å². The van der Waals surface area contributed by atoms with E-state index in [-0.39, 0.29) is 0 Å². The summed E-state index contributed by atoms with van der Waals surface area (Å²) in [5.41, 5.74) is 8.44.